The Kier molecular flexibility index (Phi) is 4.86. The van der Waals surface area contributed by atoms with E-state index in [9.17, 15) is 0 Å². The van der Waals surface area contributed by atoms with Crippen molar-refractivity contribution >= 4 is 11.8 Å². The molecule has 0 amide bonds. The largest absolute Gasteiger partial charge is 0.299 e. The predicted molar refractivity (Wildman–Crippen MR) is 75.3 cm³/mol. The van der Waals surface area contributed by atoms with Crippen LogP contribution in [0.4, 0.5) is 0 Å². The van der Waals surface area contributed by atoms with Crippen molar-refractivity contribution in [1.82, 2.24) is 9.88 Å². The third-order valence-corrected chi connectivity index (χ3v) is 4.77. The summed E-state index contributed by atoms with van der Waals surface area (Å²) in [7, 11) is 2.25. The van der Waals surface area contributed by atoms with E-state index >= 15 is 0 Å². The minimum atomic E-state index is 0.763. The Morgan fingerprint density at radius 1 is 1.47 bits per heavy atom. The first-order chi connectivity index (χ1) is 8.29. The molecule has 2 nitrogen and oxygen atoms in total. The highest BCUT2D eigenvalue weighted by atomic mass is 32.2. The Morgan fingerprint density at radius 2 is 2.35 bits per heavy atom. The van der Waals surface area contributed by atoms with Crippen LogP contribution in [0.1, 0.15) is 31.7 Å². The second-order valence-corrected chi connectivity index (χ2v) is 6.40. The predicted octanol–water partition coefficient (Wildman–Crippen LogP) is 3.19. The summed E-state index contributed by atoms with van der Waals surface area (Å²) in [5.41, 5.74) is 1.32. The zero-order valence-electron chi connectivity index (χ0n) is 10.8. The summed E-state index contributed by atoms with van der Waals surface area (Å²) in [6, 6.07) is 4.95. The van der Waals surface area contributed by atoms with Gasteiger partial charge in [0.05, 0.1) is 0 Å². The van der Waals surface area contributed by atoms with Gasteiger partial charge in [-0.25, -0.2) is 0 Å². The van der Waals surface area contributed by atoms with Crippen molar-refractivity contribution in [3.63, 3.8) is 0 Å². The molecule has 2 rings (SSSR count). The molecule has 0 unspecified atom stereocenters. The van der Waals surface area contributed by atoms with Crippen molar-refractivity contribution in [3.05, 3.63) is 30.1 Å². The lowest BCUT2D eigenvalue weighted by Crippen LogP contribution is -2.29. The zero-order valence-corrected chi connectivity index (χ0v) is 11.6. The molecule has 0 bridgehead atoms. The molecule has 1 fully saturated rings. The van der Waals surface area contributed by atoms with Gasteiger partial charge in [0.15, 0.2) is 0 Å². The van der Waals surface area contributed by atoms with Gasteiger partial charge in [0.25, 0.3) is 0 Å². The van der Waals surface area contributed by atoms with Crippen LogP contribution in [0, 0.1) is 0 Å². The third kappa shape index (κ3) is 3.71. The smallest absolute Gasteiger partial charge is 0.0312 e. The fraction of sp³-hybridized carbons (Fsp3) is 0.643. The summed E-state index contributed by atoms with van der Waals surface area (Å²) in [4.78, 5) is 6.67. The van der Waals surface area contributed by atoms with E-state index in [0.29, 0.717) is 0 Å². The van der Waals surface area contributed by atoms with Gasteiger partial charge in [0.2, 0.25) is 0 Å². The molecule has 1 aliphatic rings. The standard InChI is InChI=1S/C14H22N2S/c1-3-17-14-7-6-13(9-14)16(2)11-12-5-4-8-15-10-12/h4-5,8,10,13-14H,3,6-7,9,11H2,1-2H3/t13-,14-/m0/s1. The van der Waals surface area contributed by atoms with E-state index in [2.05, 4.69) is 41.7 Å². The first-order valence-electron chi connectivity index (χ1n) is 6.50. The Balaban J connectivity index is 1.83. The number of pyridine rings is 1. The Labute approximate surface area is 109 Å². The molecule has 2 atom stereocenters. The highest BCUT2D eigenvalue weighted by molar-refractivity contribution is 7.99. The molecule has 0 spiro atoms. The second-order valence-electron chi connectivity index (χ2n) is 4.82. The molecule has 1 aromatic heterocycles. The first-order valence-corrected chi connectivity index (χ1v) is 7.55. The first kappa shape index (κ1) is 12.9. The van der Waals surface area contributed by atoms with Gasteiger partial charge in [-0.1, -0.05) is 13.0 Å². The number of rotatable bonds is 5. The van der Waals surface area contributed by atoms with Gasteiger partial charge in [-0.15, -0.1) is 0 Å². The highest BCUT2D eigenvalue weighted by Crippen LogP contribution is 2.32. The van der Waals surface area contributed by atoms with Crippen LogP contribution in [-0.2, 0) is 6.54 Å². The number of nitrogens with zero attached hydrogens (tertiary/aromatic N) is 2. The Hall–Kier alpha value is -0.540. The van der Waals surface area contributed by atoms with Gasteiger partial charge in [0.1, 0.15) is 0 Å². The summed E-state index contributed by atoms with van der Waals surface area (Å²) in [6.07, 6.45) is 7.92. The summed E-state index contributed by atoms with van der Waals surface area (Å²) >= 11 is 2.13. The maximum Gasteiger partial charge on any atom is 0.0312 e. The second kappa shape index (κ2) is 6.41. The van der Waals surface area contributed by atoms with E-state index in [1.165, 1.54) is 30.6 Å². The van der Waals surface area contributed by atoms with E-state index < -0.39 is 0 Å². The summed E-state index contributed by atoms with van der Waals surface area (Å²) in [5, 5.41) is 0.890. The minimum Gasteiger partial charge on any atom is -0.299 e. The summed E-state index contributed by atoms with van der Waals surface area (Å²) < 4.78 is 0. The molecule has 0 N–H and O–H groups in total. The van der Waals surface area contributed by atoms with Gasteiger partial charge in [-0.3, -0.25) is 9.88 Å². The molecule has 1 aromatic rings. The fourth-order valence-corrected chi connectivity index (χ4v) is 3.75. The van der Waals surface area contributed by atoms with Crippen LogP contribution in [0.2, 0.25) is 0 Å². The number of hydrogen-bond acceptors (Lipinski definition) is 3. The average Bonchev–Trinajstić information content (AvgIpc) is 2.79. The monoisotopic (exact) mass is 250 g/mol. The molecule has 1 aliphatic carbocycles. The van der Waals surface area contributed by atoms with Crippen molar-refractivity contribution in [2.45, 2.75) is 44.0 Å². The molecule has 17 heavy (non-hydrogen) atoms. The van der Waals surface area contributed by atoms with E-state index in [4.69, 9.17) is 0 Å². The molecule has 0 saturated heterocycles. The van der Waals surface area contributed by atoms with Crippen LogP contribution in [0.25, 0.3) is 0 Å². The van der Waals surface area contributed by atoms with E-state index in [1.807, 2.05) is 18.5 Å². The number of thioether (sulfide) groups is 1. The van der Waals surface area contributed by atoms with Crippen molar-refractivity contribution in [1.29, 1.82) is 0 Å². The van der Waals surface area contributed by atoms with Crippen molar-refractivity contribution in [2.75, 3.05) is 12.8 Å². The van der Waals surface area contributed by atoms with Gasteiger partial charge < -0.3 is 0 Å². The summed E-state index contributed by atoms with van der Waals surface area (Å²) in [6.45, 7) is 3.29. The molecular formula is C14H22N2S. The third-order valence-electron chi connectivity index (χ3n) is 3.54. The van der Waals surface area contributed by atoms with Crippen LogP contribution in [0.3, 0.4) is 0 Å². The lowest BCUT2D eigenvalue weighted by atomic mass is 10.2. The van der Waals surface area contributed by atoms with Crippen molar-refractivity contribution in [2.24, 2.45) is 0 Å². The lowest BCUT2D eigenvalue weighted by Gasteiger charge is -2.24. The van der Waals surface area contributed by atoms with E-state index in [1.54, 1.807) is 0 Å². The van der Waals surface area contributed by atoms with Crippen LogP contribution in [0.15, 0.2) is 24.5 Å². The zero-order chi connectivity index (χ0) is 12.1. The van der Waals surface area contributed by atoms with Gasteiger partial charge in [-0.2, -0.15) is 11.8 Å². The number of aromatic nitrogens is 1. The van der Waals surface area contributed by atoms with E-state index in [0.717, 1.165) is 17.8 Å². The Morgan fingerprint density at radius 3 is 3.06 bits per heavy atom. The van der Waals surface area contributed by atoms with Crippen molar-refractivity contribution in [3.8, 4) is 0 Å². The van der Waals surface area contributed by atoms with Crippen LogP contribution >= 0.6 is 11.8 Å². The fourth-order valence-electron chi connectivity index (χ4n) is 2.61. The quantitative estimate of drug-likeness (QED) is 0.798. The topological polar surface area (TPSA) is 16.1 Å². The summed E-state index contributed by atoms with van der Waals surface area (Å²) in [5.74, 6) is 1.25. The minimum absolute atomic E-state index is 0.763. The Bertz CT molecular complexity index is 328. The molecule has 0 radical (unpaired) electrons. The molecule has 94 valence electrons. The maximum absolute atomic E-state index is 4.18. The van der Waals surface area contributed by atoms with Crippen LogP contribution in [-0.4, -0.2) is 34.0 Å². The molecule has 1 heterocycles. The van der Waals surface area contributed by atoms with Crippen LogP contribution in [0.5, 0.6) is 0 Å². The molecule has 0 aliphatic heterocycles. The van der Waals surface area contributed by atoms with E-state index in [-0.39, 0.29) is 0 Å². The SMILES string of the molecule is CCS[C@H]1CC[C@H](N(C)Cc2cccnc2)C1. The molecule has 0 aromatic carbocycles. The lowest BCUT2D eigenvalue weighted by molar-refractivity contribution is 0.237. The molecule has 1 saturated carbocycles. The molecule has 3 heteroatoms. The van der Waals surface area contributed by atoms with Crippen LogP contribution < -0.4 is 0 Å². The van der Waals surface area contributed by atoms with Gasteiger partial charge >= 0.3 is 0 Å². The number of hydrogen-bond donors (Lipinski definition) is 0. The van der Waals surface area contributed by atoms with Gasteiger partial charge in [-0.05, 0) is 43.7 Å². The molecular weight excluding hydrogens is 228 g/mol. The normalized spacial score (nSPS) is 24.4. The maximum atomic E-state index is 4.18. The highest BCUT2D eigenvalue weighted by Gasteiger charge is 2.27. The van der Waals surface area contributed by atoms with Gasteiger partial charge in [0, 0.05) is 30.2 Å². The average molecular weight is 250 g/mol. The van der Waals surface area contributed by atoms with Crippen molar-refractivity contribution < 1.29 is 0 Å².